The summed E-state index contributed by atoms with van der Waals surface area (Å²) in [6.45, 7) is 0. The van der Waals surface area contributed by atoms with E-state index in [2.05, 4.69) is 9.98 Å². The molecule has 1 aliphatic carbocycles. The zero-order chi connectivity index (χ0) is 16.7. The number of hydrogen-bond acceptors (Lipinski definition) is 6. The van der Waals surface area contributed by atoms with Crippen LogP contribution in [-0.4, -0.2) is 34.9 Å². The molecule has 1 aromatic heterocycles. The molecule has 1 fully saturated rings. The number of methoxy groups -OCH3 is 1. The minimum Gasteiger partial charge on any atom is -0.381 e. The highest BCUT2D eigenvalue weighted by atomic mass is 32.1. The quantitative estimate of drug-likeness (QED) is 0.528. The molecule has 0 bridgehead atoms. The number of carbonyl (C=O) groups excluding carboxylic acids is 1. The number of aromatic nitrogens is 1. The Morgan fingerprint density at radius 3 is 3.12 bits per heavy atom. The van der Waals surface area contributed by atoms with Gasteiger partial charge in [0.1, 0.15) is 11.5 Å². The molecule has 1 aromatic carbocycles. The Kier molecular flexibility index (Phi) is 3.91. The van der Waals surface area contributed by atoms with Crippen LogP contribution in [0.2, 0.25) is 0 Å². The number of amidine groups is 1. The van der Waals surface area contributed by atoms with Crippen molar-refractivity contribution in [1.82, 2.24) is 9.99 Å². The molecule has 124 valence electrons. The van der Waals surface area contributed by atoms with Gasteiger partial charge in [0.15, 0.2) is 0 Å². The summed E-state index contributed by atoms with van der Waals surface area (Å²) in [5.74, 6) is 6.42. The first-order valence-corrected chi connectivity index (χ1v) is 8.81. The number of hydrazine groups is 1. The number of amides is 1. The first-order chi connectivity index (χ1) is 11.7. The second-order valence-corrected chi connectivity index (χ2v) is 6.95. The second kappa shape index (κ2) is 6.08. The van der Waals surface area contributed by atoms with E-state index in [1.807, 2.05) is 23.7 Å². The van der Waals surface area contributed by atoms with E-state index in [-0.39, 0.29) is 17.9 Å². The lowest BCUT2D eigenvalue weighted by molar-refractivity contribution is -0.123. The minimum absolute atomic E-state index is 0.0792. The van der Waals surface area contributed by atoms with E-state index in [9.17, 15) is 4.79 Å². The number of ether oxygens (including phenoxy) is 1. The molecule has 0 saturated heterocycles. The molecule has 24 heavy (non-hydrogen) atoms. The van der Waals surface area contributed by atoms with E-state index >= 15 is 0 Å². The van der Waals surface area contributed by atoms with Crippen molar-refractivity contribution in [1.29, 1.82) is 0 Å². The van der Waals surface area contributed by atoms with Crippen LogP contribution in [0.15, 0.2) is 34.4 Å². The summed E-state index contributed by atoms with van der Waals surface area (Å²) < 4.78 is 6.60. The molecule has 6 nitrogen and oxygen atoms in total. The van der Waals surface area contributed by atoms with Crippen molar-refractivity contribution in [2.75, 3.05) is 7.11 Å². The molecule has 2 aromatic rings. The van der Waals surface area contributed by atoms with Crippen molar-refractivity contribution in [3.05, 3.63) is 35.0 Å². The summed E-state index contributed by atoms with van der Waals surface area (Å²) in [5.41, 5.74) is 4.06. The molecule has 2 aliphatic rings. The maximum atomic E-state index is 12.5. The fourth-order valence-electron chi connectivity index (χ4n) is 3.43. The van der Waals surface area contributed by atoms with Crippen LogP contribution < -0.4 is 5.84 Å². The fraction of sp³-hybridized carbons (Fsp3) is 0.353. The van der Waals surface area contributed by atoms with Gasteiger partial charge in [-0.25, -0.2) is 20.8 Å². The van der Waals surface area contributed by atoms with Gasteiger partial charge in [-0.1, -0.05) is 12.5 Å². The third-order valence-corrected chi connectivity index (χ3v) is 5.46. The van der Waals surface area contributed by atoms with Crippen molar-refractivity contribution in [2.24, 2.45) is 16.8 Å². The van der Waals surface area contributed by atoms with Gasteiger partial charge in [-0.05, 0) is 36.6 Å². The topological polar surface area (TPSA) is 80.8 Å². The highest BCUT2D eigenvalue weighted by molar-refractivity contribution is 7.16. The van der Waals surface area contributed by atoms with Crippen LogP contribution in [0, 0.1) is 5.92 Å². The summed E-state index contributed by atoms with van der Waals surface area (Å²) in [6.07, 6.45) is 4.84. The van der Waals surface area contributed by atoms with E-state index < -0.39 is 0 Å². The number of carbonyl (C=O) groups is 1. The van der Waals surface area contributed by atoms with Crippen molar-refractivity contribution in [2.45, 2.75) is 25.4 Å². The number of nitrogens with two attached hydrogens (primary N) is 1. The molecular formula is C17H18N4O2S. The van der Waals surface area contributed by atoms with Gasteiger partial charge in [-0.3, -0.25) is 4.79 Å². The summed E-state index contributed by atoms with van der Waals surface area (Å²) >= 11 is 1.57. The number of aliphatic imine (C=N–C) groups is 1. The number of thiazole rings is 1. The van der Waals surface area contributed by atoms with Crippen LogP contribution in [0.25, 0.3) is 16.3 Å². The van der Waals surface area contributed by atoms with Gasteiger partial charge in [0.05, 0.1) is 21.8 Å². The van der Waals surface area contributed by atoms with Crippen molar-refractivity contribution in [3.63, 3.8) is 0 Å². The number of nitrogens with zero attached hydrogens (tertiary/aromatic N) is 3. The molecular weight excluding hydrogens is 324 g/mol. The van der Waals surface area contributed by atoms with Crippen molar-refractivity contribution < 1.29 is 9.53 Å². The van der Waals surface area contributed by atoms with Crippen LogP contribution in [0.1, 0.15) is 24.8 Å². The van der Waals surface area contributed by atoms with Crippen molar-refractivity contribution in [3.8, 4) is 0 Å². The van der Waals surface area contributed by atoms with E-state index in [0.717, 1.165) is 35.0 Å². The largest absolute Gasteiger partial charge is 0.381 e. The molecule has 0 spiro atoms. The zero-order valence-corrected chi connectivity index (χ0v) is 14.1. The molecule has 7 heteroatoms. The lowest BCUT2D eigenvalue weighted by atomic mass is 10.0. The Labute approximate surface area is 143 Å². The SMILES string of the molecule is CO[C@H]1CCC[C@H]1C1=N/C(=C\c2ccc3ncsc3c2)C(=O)N1N. The summed E-state index contributed by atoms with van der Waals surface area (Å²) in [7, 11) is 1.70. The van der Waals surface area contributed by atoms with E-state index in [0.29, 0.717) is 11.5 Å². The van der Waals surface area contributed by atoms with Crippen LogP contribution >= 0.6 is 11.3 Å². The predicted octanol–water partition coefficient (Wildman–Crippen LogP) is 2.57. The lowest BCUT2D eigenvalue weighted by Gasteiger charge is -2.21. The smallest absolute Gasteiger partial charge is 0.292 e. The predicted molar refractivity (Wildman–Crippen MR) is 94.2 cm³/mol. The zero-order valence-electron chi connectivity index (χ0n) is 13.3. The Hall–Kier alpha value is -2.09. The highest BCUT2D eigenvalue weighted by Crippen LogP contribution is 2.33. The van der Waals surface area contributed by atoms with Crippen LogP contribution in [0.4, 0.5) is 0 Å². The monoisotopic (exact) mass is 342 g/mol. The Morgan fingerprint density at radius 2 is 2.29 bits per heavy atom. The highest BCUT2D eigenvalue weighted by Gasteiger charge is 2.39. The molecule has 4 rings (SSSR count). The fourth-order valence-corrected chi connectivity index (χ4v) is 4.16. The molecule has 1 amide bonds. The third-order valence-electron chi connectivity index (χ3n) is 4.67. The number of rotatable bonds is 3. The first kappa shape index (κ1) is 15.4. The molecule has 1 saturated carbocycles. The molecule has 2 atom stereocenters. The average Bonchev–Trinajstić information content (AvgIpc) is 3.29. The molecule has 2 heterocycles. The van der Waals surface area contributed by atoms with Crippen LogP contribution in [0.3, 0.4) is 0 Å². The number of benzene rings is 1. The Balaban J connectivity index is 1.68. The second-order valence-electron chi connectivity index (χ2n) is 6.07. The number of fused-ring (bicyclic) bond motifs is 1. The molecule has 1 aliphatic heterocycles. The van der Waals surface area contributed by atoms with Gasteiger partial charge < -0.3 is 4.74 Å². The van der Waals surface area contributed by atoms with E-state index in [4.69, 9.17) is 10.6 Å². The van der Waals surface area contributed by atoms with Gasteiger partial charge in [0.2, 0.25) is 0 Å². The maximum Gasteiger partial charge on any atom is 0.292 e. The van der Waals surface area contributed by atoms with Gasteiger partial charge >= 0.3 is 0 Å². The third kappa shape index (κ3) is 2.54. The minimum atomic E-state index is -0.267. The summed E-state index contributed by atoms with van der Waals surface area (Å²) in [4.78, 5) is 21.2. The van der Waals surface area contributed by atoms with Crippen molar-refractivity contribution >= 4 is 39.4 Å². The normalized spacial score (nSPS) is 25.9. The van der Waals surface area contributed by atoms with Crippen LogP contribution in [-0.2, 0) is 9.53 Å². The number of hydrogen-bond donors (Lipinski definition) is 1. The molecule has 0 unspecified atom stereocenters. The average molecular weight is 342 g/mol. The maximum absolute atomic E-state index is 12.5. The first-order valence-electron chi connectivity index (χ1n) is 7.93. The Morgan fingerprint density at radius 1 is 1.42 bits per heavy atom. The van der Waals surface area contributed by atoms with Gasteiger partial charge in [-0.2, -0.15) is 0 Å². The van der Waals surface area contributed by atoms with Crippen LogP contribution in [0.5, 0.6) is 0 Å². The molecule has 0 radical (unpaired) electrons. The Bertz CT molecular complexity index is 857. The standard InChI is InChI=1S/C17H18N4O2S/c1-23-14-4-2-3-11(14)16-20-13(17(22)21(16)18)7-10-5-6-12-15(8-10)24-9-19-12/h5-9,11,14H,2-4,18H2,1H3/b13-7-/t11-,14+/m1/s1. The molecule has 2 N–H and O–H groups in total. The van der Waals surface area contributed by atoms with E-state index in [1.54, 1.807) is 24.5 Å². The van der Waals surface area contributed by atoms with Gasteiger partial charge in [0, 0.05) is 13.0 Å². The summed E-state index contributed by atoms with van der Waals surface area (Å²) in [5, 5.41) is 1.18. The van der Waals surface area contributed by atoms with Gasteiger partial charge in [-0.15, -0.1) is 11.3 Å². The lowest BCUT2D eigenvalue weighted by Crippen LogP contribution is -2.44. The van der Waals surface area contributed by atoms with Gasteiger partial charge in [0.25, 0.3) is 5.91 Å². The van der Waals surface area contributed by atoms with E-state index in [1.165, 1.54) is 5.01 Å². The summed E-state index contributed by atoms with van der Waals surface area (Å²) in [6, 6.07) is 5.89.